The molecule has 0 aliphatic carbocycles. The minimum absolute atomic E-state index is 0.191. The van der Waals surface area contributed by atoms with Gasteiger partial charge in [-0.1, -0.05) is 44.5 Å². The molecule has 29 heavy (non-hydrogen) atoms. The lowest BCUT2D eigenvalue weighted by Gasteiger charge is -2.15. The van der Waals surface area contributed by atoms with E-state index in [0.717, 1.165) is 36.1 Å². The van der Waals surface area contributed by atoms with Gasteiger partial charge in [-0.15, -0.1) is 0 Å². The number of imidazole rings is 1. The SMILES string of the molecule is CCCCN(C)C(=O)c1nc(C(=O)Nc2c(C)cccc2CC)c2ccccn12. The first-order chi connectivity index (χ1) is 14.0. The highest BCUT2D eigenvalue weighted by molar-refractivity contribution is 6.09. The average molecular weight is 393 g/mol. The fourth-order valence-corrected chi connectivity index (χ4v) is 3.40. The van der Waals surface area contributed by atoms with Crippen LogP contribution in [0.15, 0.2) is 42.6 Å². The van der Waals surface area contributed by atoms with Crippen LogP contribution < -0.4 is 5.32 Å². The van der Waals surface area contributed by atoms with Gasteiger partial charge in [-0.05, 0) is 43.0 Å². The Hall–Kier alpha value is -3.15. The number of aryl methyl sites for hydroxylation is 2. The molecule has 6 heteroatoms. The number of unbranched alkanes of at least 4 members (excludes halogenated alkanes) is 1. The molecule has 3 aromatic rings. The molecule has 0 fully saturated rings. The number of carbonyl (C=O) groups excluding carboxylic acids is 2. The Bertz CT molecular complexity index is 1040. The van der Waals surface area contributed by atoms with Gasteiger partial charge in [0.05, 0.1) is 5.52 Å². The molecule has 0 saturated carbocycles. The third kappa shape index (κ3) is 4.16. The van der Waals surface area contributed by atoms with E-state index in [1.54, 1.807) is 22.5 Å². The molecule has 0 saturated heterocycles. The summed E-state index contributed by atoms with van der Waals surface area (Å²) in [6.45, 7) is 6.76. The molecule has 0 radical (unpaired) electrons. The summed E-state index contributed by atoms with van der Waals surface area (Å²) in [5.41, 5.74) is 3.74. The Balaban J connectivity index is 1.98. The van der Waals surface area contributed by atoms with E-state index in [2.05, 4.69) is 24.1 Å². The molecule has 2 amide bonds. The lowest BCUT2D eigenvalue weighted by Crippen LogP contribution is -2.29. The van der Waals surface area contributed by atoms with Crippen molar-refractivity contribution in [3.8, 4) is 0 Å². The number of pyridine rings is 1. The highest BCUT2D eigenvalue weighted by Gasteiger charge is 2.24. The summed E-state index contributed by atoms with van der Waals surface area (Å²) < 4.78 is 1.69. The van der Waals surface area contributed by atoms with E-state index in [1.165, 1.54) is 0 Å². The Morgan fingerprint density at radius 3 is 2.66 bits per heavy atom. The van der Waals surface area contributed by atoms with Gasteiger partial charge in [0.2, 0.25) is 5.82 Å². The number of nitrogens with one attached hydrogen (secondary N) is 1. The lowest BCUT2D eigenvalue weighted by molar-refractivity contribution is 0.0780. The van der Waals surface area contributed by atoms with Crippen LogP contribution in [0, 0.1) is 6.92 Å². The van der Waals surface area contributed by atoms with Crippen LogP contribution in [0.5, 0.6) is 0 Å². The number of carbonyl (C=O) groups is 2. The van der Waals surface area contributed by atoms with E-state index >= 15 is 0 Å². The van der Waals surface area contributed by atoms with Gasteiger partial charge < -0.3 is 10.2 Å². The molecular weight excluding hydrogens is 364 g/mol. The van der Waals surface area contributed by atoms with Crippen LogP contribution in [0.4, 0.5) is 5.69 Å². The Kier molecular flexibility index (Phi) is 6.32. The molecule has 0 bridgehead atoms. The molecule has 0 spiro atoms. The van der Waals surface area contributed by atoms with Crippen molar-refractivity contribution in [3.63, 3.8) is 0 Å². The quantitative estimate of drug-likeness (QED) is 0.651. The third-order valence-corrected chi connectivity index (χ3v) is 5.13. The summed E-state index contributed by atoms with van der Waals surface area (Å²) >= 11 is 0. The van der Waals surface area contributed by atoms with Gasteiger partial charge >= 0.3 is 0 Å². The van der Waals surface area contributed by atoms with Gasteiger partial charge in [-0.2, -0.15) is 0 Å². The molecule has 0 atom stereocenters. The van der Waals surface area contributed by atoms with E-state index in [4.69, 9.17) is 0 Å². The first kappa shape index (κ1) is 20.6. The van der Waals surface area contributed by atoms with Gasteiger partial charge in [-0.3, -0.25) is 14.0 Å². The predicted molar refractivity (Wildman–Crippen MR) is 116 cm³/mol. The van der Waals surface area contributed by atoms with Crippen molar-refractivity contribution in [3.05, 3.63) is 65.2 Å². The Morgan fingerprint density at radius 2 is 1.93 bits per heavy atom. The summed E-state index contributed by atoms with van der Waals surface area (Å²) in [5, 5.41) is 3.01. The molecule has 2 heterocycles. The summed E-state index contributed by atoms with van der Waals surface area (Å²) in [6, 6.07) is 11.4. The fraction of sp³-hybridized carbons (Fsp3) is 0.348. The number of anilines is 1. The van der Waals surface area contributed by atoms with Gasteiger partial charge in [0, 0.05) is 25.5 Å². The molecule has 2 aromatic heterocycles. The standard InChI is InChI=1S/C23H28N4O2/c1-5-7-14-26(4)23(29)21-24-20(18-13-8-9-15-27(18)21)22(28)25-19-16(3)11-10-12-17(19)6-2/h8-13,15H,5-7,14H2,1-4H3,(H,25,28). The van der Waals surface area contributed by atoms with Gasteiger partial charge in [0.25, 0.3) is 11.8 Å². The van der Waals surface area contributed by atoms with Crippen LogP contribution in [-0.4, -0.2) is 39.7 Å². The maximum atomic E-state index is 13.1. The van der Waals surface area contributed by atoms with Crippen molar-refractivity contribution in [2.75, 3.05) is 18.9 Å². The first-order valence-corrected chi connectivity index (χ1v) is 10.1. The molecule has 1 N–H and O–H groups in total. The second-order valence-electron chi connectivity index (χ2n) is 7.24. The number of rotatable bonds is 7. The monoisotopic (exact) mass is 392 g/mol. The van der Waals surface area contributed by atoms with Crippen LogP contribution in [0.2, 0.25) is 0 Å². The van der Waals surface area contributed by atoms with E-state index in [-0.39, 0.29) is 23.3 Å². The highest BCUT2D eigenvalue weighted by atomic mass is 16.2. The van der Waals surface area contributed by atoms with Crippen molar-refractivity contribution in [2.24, 2.45) is 0 Å². The molecule has 6 nitrogen and oxygen atoms in total. The van der Waals surface area contributed by atoms with Crippen LogP contribution in [0.3, 0.4) is 0 Å². The summed E-state index contributed by atoms with van der Waals surface area (Å²) in [4.78, 5) is 32.2. The van der Waals surface area contributed by atoms with Gasteiger partial charge in [-0.25, -0.2) is 4.98 Å². The number of amides is 2. The van der Waals surface area contributed by atoms with Gasteiger partial charge in [0.15, 0.2) is 5.69 Å². The normalized spacial score (nSPS) is 10.9. The number of hydrogen-bond acceptors (Lipinski definition) is 3. The average Bonchev–Trinajstić information content (AvgIpc) is 3.12. The fourth-order valence-electron chi connectivity index (χ4n) is 3.40. The van der Waals surface area contributed by atoms with E-state index in [1.807, 2.05) is 43.3 Å². The first-order valence-electron chi connectivity index (χ1n) is 10.1. The molecule has 152 valence electrons. The van der Waals surface area contributed by atoms with Crippen molar-refractivity contribution >= 4 is 23.0 Å². The Morgan fingerprint density at radius 1 is 1.14 bits per heavy atom. The molecule has 0 unspecified atom stereocenters. The molecule has 0 aliphatic rings. The number of benzene rings is 1. The van der Waals surface area contributed by atoms with Crippen molar-refractivity contribution in [2.45, 2.75) is 40.0 Å². The molecule has 3 rings (SSSR count). The zero-order valence-electron chi connectivity index (χ0n) is 17.5. The maximum absolute atomic E-state index is 13.1. The number of aromatic nitrogens is 2. The molecule has 0 aliphatic heterocycles. The van der Waals surface area contributed by atoms with E-state index < -0.39 is 0 Å². The van der Waals surface area contributed by atoms with Gasteiger partial charge in [0.1, 0.15) is 0 Å². The minimum atomic E-state index is -0.312. The highest BCUT2D eigenvalue weighted by Crippen LogP contribution is 2.23. The predicted octanol–water partition coefficient (Wildman–Crippen LogP) is 4.33. The van der Waals surface area contributed by atoms with Crippen LogP contribution >= 0.6 is 0 Å². The van der Waals surface area contributed by atoms with Crippen molar-refractivity contribution in [1.82, 2.24) is 14.3 Å². The summed E-state index contributed by atoms with van der Waals surface area (Å²) in [6.07, 6.45) is 4.51. The number of hydrogen-bond donors (Lipinski definition) is 1. The third-order valence-electron chi connectivity index (χ3n) is 5.13. The van der Waals surface area contributed by atoms with E-state index in [0.29, 0.717) is 12.1 Å². The summed E-state index contributed by atoms with van der Waals surface area (Å²) in [5.74, 6) is -0.248. The van der Waals surface area contributed by atoms with E-state index in [9.17, 15) is 9.59 Å². The number of para-hydroxylation sites is 1. The van der Waals surface area contributed by atoms with Crippen LogP contribution in [0.25, 0.3) is 5.52 Å². The smallest absolute Gasteiger partial charge is 0.289 e. The lowest BCUT2D eigenvalue weighted by atomic mass is 10.1. The molecule has 1 aromatic carbocycles. The van der Waals surface area contributed by atoms with Crippen LogP contribution in [-0.2, 0) is 6.42 Å². The number of nitrogens with zero attached hydrogens (tertiary/aromatic N) is 3. The van der Waals surface area contributed by atoms with Crippen LogP contribution in [0.1, 0.15) is 58.9 Å². The molecular formula is C23H28N4O2. The second-order valence-corrected chi connectivity index (χ2v) is 7.24. The zero-order valence-corrected chi connectivity index (χ0v) is 17.5. The van der Waals surface area contributed by atoms with Crippen molar-refractivity contribution < 1.29 is 9.59 Å². The maximum Gasteiger partial charge on any atom is 0.289 e. The summed E-state index contributed by atoms with van der Waals surface area (Å²) in [7, 11) is 1.77. The topological polar surface area (TPSA) is 66.7 Å². The minimum Gasteiger partial charge on any atom is -0.339 e. The Labute approximate surface area is 171 Å². The zero-order chi connectivity index (χ0) is 21.0. The largest absolute Gasteiger partial charge is 0.339 e. The van der Waals surface area contributed by atoms with Crippen molar-refractivity contribution in [1.29, 1.82) is 0 Å². The number of fused-ring (bicyclic) bond motifs is 1. The second kappa shape index (κ2) is 8.90.